The summed E-state index contributed by atoms with van der Waals surface area (Å²) in [6.07, 6.45) is 6.10. The van der Waals surface area contributed by atoms with Crippen molar-refractivity contribution >= 4 is 11.8 Å². The van der Waals surface area contributed by atoms with Crippen molar-refractivity contribution in [2.45, 2.75) is 13.0 Å². The molecule has 1 aromatic carbocycles. The summed E-state index contributed by atoms with van der Waals surface area (Å²) in [7, 11) is 1.89. The lowest BCUT2D eigenvalue weighted by atomic mass is 10.1. The van der Waals surface area contributed by atoms with Gasteiger partial charge in [0.2, 0.25) is 0 Å². The molecule has 5 heteroatoms. The van der Waals surface area contributed by atoms with Crippen LogP contribution in [0.15, 0.2) is 48.3 Å². The second-order valence-electron chi connectivity index (χ2n) is 5.47. The van der Waals surface area contributed by atoms with E-state index in [9.17, 15) is 9.59 Å². The van der Waals surface area contributed by atoms with Gasteiger partial charge in [0.05, 0.1) is 11.1 Å². The lowest BCUT2D eigenvalue weighted by molar-refractivity contribution is 0.0641. The van der Waals surface area contributed by atoms with Crippen molar-refractivity contribution in [2.24, 2.45) is 0 Å². The van der Waals surface area contributed by atoms with Crippen molar-refractivity contribution < 1.29 is 9.59 Å². The molecule has 3 rings (SSSR count). The van der Waals surface area contributed by atoms with E-state index in [0.717, 1.165) is 5.70 Å². The van der Waals surface area contributed by atoms with Crippen molar-refractivity contribution in [1.29, 1.82) is 0 Å². The molecule has 1 atom stereocenters. The van der Waals surface area contributed by atoms with Crippen molar-refractivity contribution in [2.75, 3.05) is 20.1 Å². The number of fused-ring (bicyclic) bond motifs is 1. The van der Waals surface area contributed by atoms with Gasteiger partial charge in [-0.3, -0.25) is 14.5 Å². The third-order valence-corrected chi connectivity index (χ3v) is 4.14. The number of allylic oxidation sites excluding steroid dienone is 1. The number of likely N-dealkylation sites (N-methyl/N-ethyl adjacent to an activating group) is 1. The Morgan fingerprint density at radius 1 is 1.09 bits per heavy atom. The third kappa shape index (κ3) is 2.39. The van der Waals surface area contributed by atoms with E-state index >= 15 is 0 Å². The van der Waals surface area contributed by atoms with E-state index in [1.54, 1.807) is 24.3 Å². The van der Waals surface area contributed by atoms with Gasteiger partial charge in [-0.1, -0.05) is 12.1 Å². The summed E-state index contributed by atoms with van der Waals surface area (Å²) in [5.41, 5.74) is 2.09. The topological polar surface area (TPSA) is 52.6 Å². The maximum atomic E-state index is 12.3. The molecule has 0 fully saturated rings. The molecule has 0 aliphatic carbocycles. The van der Waals surface area contributed by atoms with E-state index in [-0.39, 0.29) is 17.9 Å². The molecule has 2 aliphatic heterocycles. The average molecular weight is 297 g/mol. The van der Waals surface area contributed by atoms with E-state index < -0.39 is 0 Å². The van der Waals surface area contributed by atoms with Gasteiger partial charge in [0.25, 0.3) is 11.8 Å². The van der Waals surface area contributed by atoms with Crippen LogP contribution in [0.3, 0.4) is 0 Å². The van der Waals surface area contributed by atoms with Gasteiger partial charge in [-0.2, -0.15) is 0 Å². The minimum atomic E-state index is -0.194. The van der Waals surface area contributed by atoms with Crippen LogP contribution >= 0.6 is 0 Å². The van der Waals surface area contributed by atoms with Crippen LogP contribution in [-0.4, -0.2) is 47.8 Å². The fraction of sp³-hybridized carbons (Fsp3) is 0.294. The summed E-state index contributed by atoms with van der Waals surface area (Å²) in [6.45, 7) is 3.10. The van der Waals surface area contributed by atoms with Gasteiger partial charge in [-0.05, 0) is 31.2 Å². The summed E-state index contributed by atoms with van der Waals surface area (Å²) in [5, 5.41) is 3.11. The average Bonchev–Trinajstić information content (AvgIpc) is 2.78. The summed E-state index contributed by atoms with van der Waals surface area (Å²) in [5.74, 6) is -0.388. The molecule has 0 saturated carbocycles. The van der Waals surface area contributed by atoms with Crippen LogP contribution in [0.2, 0.25) is 0 Å². The predicted molar refractivity (Wildman–Crippen MR) is 84.3 cm³/mol. The Hall–Kier alpha value is -2.56. The minimum absolute atomic E-state index is 0.194. The Morgan fingerprint density at radius 3 is 2.27 bits per heavy atom. The summed E-state index contributed by atoms with van der Waals surface area (Å²) in [6, 6.07) is 7.21. The first kappa shape index (κ1) is 14.4. The number of nitrogens with zero attached hydrogens (tertiary/aromatic N) is 2. The Labute approximate surface area is 129 Å². The zero-order chi connectivity index (χ0) is 15.7. The first-order valence-electron chi connectivity index (χ1n) is 7.40. The molecule has 0 radical (unpaired) electrons. The van der Waals surface area contributed by atoms with Crippen LogP contribution in [0, 0.1) is 0 Å². The number of nitrogens with one attached hydrogen (secondary N) is 1. The van der Waals surface area contributed by atoms with Crippen LogP contribution in [-0.2, 0) is 0 Å². The Morgan fingerprint density at radius 2 is 1.73 bits per heavy atom. The lowest BCUT2D eigenvalue weighted by Crippen LogP contribution is -2.40. The van der Waals surface area contributed by atoms with E-state index in [1.807, 2.05) is 19.3 Å². The van der Waals surface area contributed by atoms with Crippen LogP contribution in [0.25, 0.3) is 0 Å². The highest BCUT2D eigenvalue weighted by atomic mass is 16.2. The molecule has 1 N–H and O–H groups in total. The quantitative estimate of drug-likeness (QED) is 0.858. The van der Waals surface area contributed by atoms with E-state index in [1.165, 1.54) is 4.90 Å². The molecule has 2 heterocycles. The highest BCUT2D eigenvalue weighted by Crippen LogP contribution is 2.22. The number of benzene rings is 1. The molecule has 0 aromatic heterocycles. The second-order valence-corrected chi connectivity index (χ2v) is 5.47. The van der Waals surface area contributed by atoms with E-state index in [4.69, 9.17) is 0 Å². The standard InChI is InChI=1S/C17H19N3O2/c1-12-11-13(18-2)7-8-19(12)9-10-20-16(21)14-5-3-4-6-15(14)17(20)22/h3-8,11-12,18H,9-10H2,1-2H3. The lowest BCUT2D eigenvalue weighted by Gasteiger charge is -2.30. The minimum Gasteiger partial charge on any atom is -0.388 e. The van der Waals surface area contributed by atoms with Gasteiger partial charge >= 0.3 is 0 Å². The molecule has 1 unspecified atom stereocenters. The molecule has 5 nitrogen and oxygen atoms in total. The number of rotatable bonds is 4. The third-order valence-electron chi connectivity index (χ3n) is 4.14. The van der Waals surface area contributed by atoms with Crippen molar-refractivity contribution in [3.05, 3.63) is 59.4 Å². The van der Waals surface area contributed by atoms with Gasteiger partial charge in [-0.15, -0.1) is 0 Å². The van der Waals surface area contributed by atoms with Crippen molar-refractivity contribution in [3.63, 3.8) is 0 Å². The Balaban J connectivity index is 1.67. The largest absolute Gasteiger partial charge is 0.388 e. The molecule has 22 heavy (non-hydrogen) atoms. The number of carbonyl (C=O) groups is 2. The SMILES string of the molecule is CNC1=CC(C)N(CCN2C(=O)c3ccccc3C2=O)C=C1. The Bertz CT molecular complexity index is 643. The monoisotopic (exact) mass is 297 g/mol. The molecule has 1 aromatic rings. The number of hydrogen-bond acceptors (Lipinski definition) is 4. The van der Waals surface area contributed by atoms with Crippen molar-refractivity contribution in [1.82, 2.24) is 15.1 Å². The number of imide groups is 1. The molecule has 2 aliphatic rings. The van der Waals surface area contributed by atoms with Gasteiger partial charge in [0.15, 0.2) is 0 Å². The van der Waals surface area contributed by atoms with Crippen LogP contribution < -0.4 is 5.32 Å². The van der Waals surface area contributed by atoms with Gasteiger partial charge in [0.1, 0.15) is 0 Å². The fourth-order valence-electron chi connectivity index (χ4n) is 2.83. The van der Waals surface area contributed by atoms with Gasteiger partial charge < -0.3 is 10.2 Å². The van der Waals surface area contributed by atoms with E-state index in [0.29, 0.717) is 24.2 Å². The highest BCUT2D eigenvalue weighted by molar-refractivity contribution is 6.21. The summed E-state index contributed by atoms with van der Waals surface area (Å²) >= 11 is 0. The maximum absolute atomic E-state index is 12.3. The first-order valence-corrected chi connectivity index (χ1v) is 7.40. The van der Waals surface area contributed by atoms with Crippen LogP contribution in [0.1, 0.15) is 27.6 Å². The zero-order valence-corrected chi connectivity index (χ0v) is 12.7. The maximum Gasteiger partial charge on any atom is 0.261 e. The molecule has 114 valence electrons. The van der Waals surface area contributed by atoms with E-state index in [2.05, 4.69) is 23.2 Å². The Kier molecular flexibility index (Phi) is 3.71. The normalized spacial score (nSPS) is 20.3. The summed E-state index contributed by atoms with van der Waals surface area (Å²) < 4.78 is 0. The van der Waals surface area contributed by atoms with Gasteiger partial charge in [-0.25, -0.2) is 0 Å². The molecule has 0 spiro atoms. The number of amides is 2. The first-order chi connectivity index (χ1) is 10.6. The van der Waals surface area contributed by atoms with Gasteiger partial charge in [0, 0.05) is 38.1 Å². The number of carbonyl (C=O) groups excluding carboxylic acids is 2. The molecule has 0 bridgehead atoms. The van der Waals surface area contributed by atoms with Crippen LogP contribution in [0.5, 0.6) is 0 Å². The molecule has 0 saturated heterocycles. The molecule has 2 amide bonds. The smallest absolute Gasteiger partial charge is 0.261 e. The molecular formula is C17H19N3O2. The van der Waals surface area contributed by atoms with Crippen LogP contribution in [0.4, 0.5) is 0 Å². The zero-order valence-electron chi connectivity index (χ0n) is 12.7. The second kappa shape index (κ2) is 5.67. The summed E-state index contributed by atoms with van der Waals surface area (Å²) in [4.78, 5) is 28.1. The van der Waals surface area contributed by atoms with Crippen molar-refractivity contribution in [3.8, 4) is 0 Å². The predicted octanol–water partition coefficient (Wildman–Crippen LogP) is 1.60. The molecular weight excluding hydrogens is 278 g/mol. The highest BCUT2D eigenvalue weighted by Gasteiger charge is 2.35. The fourth-order valence-corrected chi connectivity index (χ4v) is 2.83. The number of hydrogen-bond donors (Lipinski definition) is 1.